The summed E-state index contributed by atoms with van der Waals surface area (Å²) in [5, 5.41) is 22.7. The molecule has 2 rings (SSSR count). The van der Waals surface area contributed by atoms with Crippen LogP contribution in [0.4, 0.5) is 11.4 Å². The highest BCUT2D eigenvalue weighted by molar-refractivity contribution is 6.03. The van der Waals surface area contributed by atoms with Gasteiger partial charge in [-0.2, -0.15) is 0 Å². The fourth-order valence-electron chi connectivity index (χ4n) is 2.78. The third-order valence-electron chi connectivity index (χ3n) is 3.67. The number of anilines is 1. The van der Waals surface area contributed by atoms with Crippen LogP contribution in [0.5, 0.6) is 0 Å². The van der Waals surface area contributed by atoms with Crippen molar-refractivity contribution in [1.82, 2.24) is 0 Å². The average Bonchev–Trinajstić information content (AvgIpc) is 2.75. The number of rotatable bonds is 3. The number of nitrogens with zero attached hydrogens (tertiary/aromatic N) is 3. The van der Waals surface area contributed by atoms with Crippen molar-refractivity contribution < 1.29 is 10.1 Å². The van der Waals surface area contributed by atoms with E-state index >= 15 is 0 Å². The molecule has 2 unspecified atom stereocenters. The minimum absolute atomic E-state index is 0.0738. The van der Waals surface area contributed by atoms with Crippen LogP contribution in [-0.4, -0.2) is 28.6 Å². The van der Waals surface area contributed by atoms with E-state index in [2.05, 4.69) is 23.9 Å². The van der Waals surface area contributed by atoms with Crippen molar-refractivity contribution >= 4 is 17.2 Å². The predicted octanol–water partition coefficient (Wildman–Crippen LogP) is 1.92. The van der Waals surface area contributed by atoms with Gasteiger partial charge in [0.15, 0.2) is 5.84 Å². The molecular weight excluding hydrogens is 260 g/mol. The van der Waals surface area contributed by atoms with Gasteiger partial charge in [-0.1, -0.05) is 12.1 Å². The molecule has 20 heavy (non-hydrogen) atoms. The van der Waals surface area contributed by atoms with E-state index in [1.54, 1.807) is 6.07 Å². The molecule has 0 aliphatic carbocycles. The Kier molecular flexibility index (Phi) is 3.78. The molecule has 1 aliphatic rings. The van der Waals surface area contributed by atoms with Crippen LogP contribution < -0.4 is 10.6 Å². The molecule has 0 spiro atoms. The molecule has 0 amide bonds. The summed E-state index contributed by atoms with van der Waals surface area (Å²) in [6.07, 6.45) is 1.05. The third kappa shape index (κ3) is 2.52. The highest BCUT2D eigenvalue weighted by Gasteiger charge is 2.29. The molecule has 0 saturated carbocycles. The SMILES string of the molecule is CC1CC(C)N(c2ccc([N+](=O)[O-])cc2/C(N)=N/O)C1. The standard InChI is InChI=1S/C13H18N4O3/c1-8-5-9(2)16(7-8)12-4-3-10(17(19)20)6-11(12)13(14)15-18/h3-4,6,8-9,18H,5,7H2,1-2H3,(H2,14,15). The van der Waals surface area contributed by atoms with E-state index in [9.17, 15) is 10.1 Å². The molecule has 2 atom stereocenters. The molecular formula is C13H18N4O3. The molecule has 1 aromatic carbocycles. The number of non-ortho nitro benzene ring substituents is 1. The first-order valence-electron chi connectivity index (χ1n) is 6.47. The maximum atomic E-state index is 10.9. The molecule has 7 nitrogen and oxygen atoms in total. The second-order valence-corrected chi connectivity index (χ2v) is 5.29. The van der Waals surface area contributed by atoms with Crippen molar-refractivity contribution in [2.75, 3.05) is 11.4 Å². The van der Waals surface area contributed by atoms with E-state index in [0.29, 0.717) is 17.5 Å². The van der Waals surface area contributed by atoms with Crippen LogP contribution in [0.25, 0.3) is 0 Å². The smallest absolute Gasteiger partial charge is 0.270 e. The lowest BCUT2D eigenvalue weighted by atomic mass is 10.1. The number of nitrogens with two attached hydrogens (primary N) is 1. The topological polar surface area (TPSA) is 105 Å². The van der Waals surface area contributed by atoms with E-state index in [4.69, 9.17) is 10.9 Å². The first-order chi connectivity index (χ1) is 9.43. The Morgan fingerprint density at radius 1 is 1.55 bits per heavy atom. The quantitative estimate of drug-likeness (QED) is 0.289. The van der Waals surface area contributed by atoms with Crippen LogP contribution >= 0.6 is 0 Å². The number of hydrogen-bond donors (Lipinski definition) is 2. The Hall–Kier alpha value is -2.31. The van der Waals surface area contributed by atoms with Crippen molar-refractivity contribution in [2.45, 2.75) is 26.3 Å². The van der Waals surface area contributed by atoms with Crippen molar-refractivity contribution in [1.29, 1.82) is 0 Å². The molecule has 1 aromatic rings. The Morgan fingerprint density at radius 2 is 2.25 bits per heavy atom. The van der Waals surface area contributed by atoms with Gasteiger partial charge in [-0.05, 0) is 25.3 Å². The van der Waals surface area contributed by atoms with Gasteiger partial charge in [-0.15, -0.1) is 0 Å². The second-order valence-electron chi connectivity index (χ2n) is 5.29. The van der Waals surface area contributed by atoms with Crippen LogP contribution in [0, 0.1) is 16.0 Å². The monoisotopic (exact) mass is 278 g/mol. The van der Waals surface area contributed by atoms with E-state index in [-0.39, 0.29) is 11.5 Å². The number of oxime groups is 1. The number of amidine groups is 1. The maximum absolute atomic E-state index is 10.9. The molecule has 1 saturated heterocycles. The van der Waals surface area contributed by atoms with Crippen LogP contribution in [0.2, 0.25) is 0 Å². The van der Waals surface area contributed by atoms with Gasteiger partial charge in [0.05, 0.1) is 10.5 Å². The molecule has 108 valence electrons. The zero-order valence-electron chi connectivity index (χ0n) is 11.5. The average molecular weight is 278 g/mol. The highest BCUT2D eigenvalue weighted by Crippen LogP contribution is 2.33. The van der Waals surface area contributed by atoms with Crippen molar-refractivity contribution in [2.24, 2.45) is 16.8 Å². The van der Waals surface area contributed by atoms with Gasteiger partial charge in [-0.3, -0.25) is 10.1 Å². The molecule has 1 fully saturated rings. The number of hydrogen-bond acceptors (Lipinski definition) is 5. The summed E-state index contributed by atoms with van der Waals surface area (Å²) < 4.78 is 0. The molecule has 3 N–H and O–H groups in total. The molecule has 0 aromatic heterocycles. The summed E-state index contributed by atoms with van der Waals surface area (Å²) >= 11 is 0. The fourth-order valence-corrected chi connectivity index (χ4v) is 2.78. The van der Waals surface area contributed by atoms with Crippen molar-refractivity contribution in [3.63, 3.8) is 0 Å². The number of benzene rings is 1. The van der Waals surface area contributed by atoms with Crippen LogP contribution in [0.3, 0.4) is 0 Å². The van der Waals surface area contributed by atoms with Gasteiger partial charge in [-0.25, -0.2) is 0 Å². The zero-order valence-corrected chi connectivity index (χ0v) is 11.5. The van der Waals surface area contributed by atoms with Gasteiger partial charge >= 0.3 is 0 Å². The number of nitro groups is 1. The minimum atomic E-state index is -0.492. The Balaban J connectivity index is 2.49. The minimum Gasteiger partial charge on any atom is -0.409 e. The summed E-state index contributed by atoms with van der Waals surface area (Å²) in [6, 6.07) is 4.77. The van der Waals surface area contributed by atoms with Crippen molar-refractivity contribution in [3.8, 4) is 0 Å². The number of nitro benzene ring substituents is 1. The molecule has 1 heterocycles. The predicted molar refractivity (Wildman–Crippen MR) is 76.2 cm³/mol. The molecule has 0 bridgehead atoms. The lowest BCUT2D eigenvalue weighted by Gasteiger charge is -2.26. The highest BCUT2D eigenvalue weighted by atomic mass is 16.6. The van der Waals surface area contributed by atoms with E-state index in [1.807, 2.05) is 0 Å². The van der Waals surface area contributed by atoms with E-state index in [1.165, 1.54) is 12.1 Å². The summed E-state index contributed by atoms with van der Waals surface area (Å²) in [5.74, 6) is 0.427. The maximum Gasteiger partial charge on any atom is 0.270 e. The largest absolute Gasteiger partial charge is 0.409 e. The van der Waals surface area contributed by atoms with Gasteiger partial charge in [0, 0.05) is 30.4 Å². The zero-order chi connectivity index (χ0) is 14.9. The Morgan fingerprint density at radius 3 is 2.75 bits per heavy atom. The summed E-state index contributed by atoms with van der Waals surface area (Å²) in [6.45, 7) is 5.11. The second kappa shape index (κ2) is 5.36. The summed E-state index contributed by atoms with van der Waals surface area (Å²) in [7, 11) is 0. The van der Waals surface area contributed by atoms with Crippen LogP contribution in [0.1, 0.15) is 25.8 Å². The lowest BCUT2D eigenvalue weighted by Crippen LogP contribution is -2.29. The molecule has 1 aliphatic heterocycles. The van der Waals surface area contributed by atoms with Gasteiger partial charge in [0.2, 0.25) is 0 Å². The van der Waals surface area contributed by atoms with Crippen LogP contribution in [0.15, 0.2) is 23.4 Å². The van der Waals surface area contributed by atoms with Gasteiger partial charge in [0.1, 0.15) is 0 Å². The first kappa shape index (κ1) is 14.1. The Bertz CT molecular complexity index is 559. The van der Waals surface area contributed by atoms with Crippen LogP contribution in [-0.2, 0) is 0 Å². The summed E-state index contributed by atoms with van der Waals surface area (Å²) in [5.41, 5.74) is 6.75. The Labute approximate surface area is 116 Å². The third-order valence-corrected chi connectivity index (χ3v) is 3.67. The molecule has 7 heteroatoms. The van der Waals surface area contributed by atoms with E-state index in [0.717, 1.165) is 18.7 Å². The molecule has 0 radical (unpaired) electrons. The fraction of sp³-hybridized carbons (Fsp3) is 0.462. The van der Waals surface area contributed by atoms with Crippen molar-refractivity contribution in [3.05, 3.63) is 33.9 Å². The van der Waals surface area contributed by atoms with Gasteiger partial charge in [0.25, 0.3) is 5.69 Å². The first-order valence-corrected chi connectivity index (χ1v) is 6.47. The van der Waals surface area contributed by atoms with Gasteiger partial charge < -0.3 is 15.8 Å². The van der Waals surface area contributed by atoms with E-state index < -0.39 is 4.92 Å². The summed E-state index contributed by atoms with van der Waals surface area (Å²) in [4.78, 5) is 12.5. The normalized spacial score (nSPS) is 23.1. The lowest BCUT2D eigenvalue weighted by molar-refractivity contribution is -0.384.